The molecule has 0 amide bonds. The predicted molar refractivity (Wildman–Crippen MR) is 75.6 cm³/mol. The topological polar surface area (TPSA) is 26.3 Å². The molecule has 0 saturated heterocycles. The molecule has 0 N–H and O–H groups in total. The van der Waals surface area contributed by atoms with Crippen LogP contribution in [0.15, 0.2) is 12.7 Å². The summed E-state index contributed by atoms with van der Waals surface area (Å²) in [6.45, 7) is 5.72. The lowest BCUT2D eigenvalue weighted by molar-refractivity contribution is -0.179. The summed E-state index contributed by atoms with van der Waals surface area (Å²) in [4.78, 5) is 11.7. The third kappa shape index (κ3) is 2.23. The molecule has 0 aliphatic heterocycles. The zero-order chi connectivity index (χ0) is 13.5. The fourth-order valence-corrected chi connectivity index (χ4v) is 5.30. The highest BCUT2D eigenvalue weighted by atomic mass is 16.6. The van der Waals surface area contributed by atoms with E-state index in [4.69, 9.17) is 4.74 Å². The summed E-state index contributed by atoms with van der Waals surface area (Å²) in [5, 5.41) is 0. The Labute approximate surface area is 116 Å². The fourth-order valence-electron chi connectivity index (χ4n) is 5.30. The van der Waals surface area contributed by atoms with Gasteiger partial charge in [-0.2, -0.15) is 0 Å². The van der Waals surface area contributed by atoms with E-state index in [9.17, 15) is 4.79 Å². The molecule has 0 radical (unpaired) electrons. The molecule has 0 aromatic carbocycles. The molecule has 2 nitrogen and oxygen atoms in total. The van der Waals surface area contributed by atoms with E-state index in [1.54, 1.807) is 0 Å². The Morgan fingerprint density at radius 3 is 2.47 bits per heavy atom. The molecule has 3 fully saturated rings. The van der Waals surface area contributed by atoms with E-state index < -0.39 is 0 Å². The van der Waals surface area contributed by atoms with Gasteiger partial charge < -0.3 is 4.74 Å². The number of hydrogen-bond acceptors (Lipinski definition) is 2. The molecule has 106 valence electrons. The van der Waals surface area contributed by atoms with Gasteiger partial charge in [-0.1, -0.05) is 38.7 Å². The third-order valence-electron chi connectivity index (χ3n) is 6.09. The maximum atomic E-state index is 11.7. The average molecular weight is 262 g/mol. The van der Waals surface area contributed by atoms with Crippen molar-refractivity contribution in [2.75, 3.05) is 0 Å². The van der Waals surface area contributed by atoms with Gasteiger partial charge in [0.2, 0.25) is 0 Å². The standard InChI is InChI=1S/C17H26O2/c1-3-15(18)19-17(2)11-10-13-7-4-6-12-8-5-9-14(17)16(12)13/h3,12-14,16H,1,4-11H2,2H3. The van der Waals surface area contributed by atoms with Crippen molar-refractivity contribution in [3.8, 4) is 0 Å². The number of carbonyl (C=O) groups is 1. The molecule has 5 atom stereocenters. The van der Waals surface area contributed by atoms with E-state index in [1.807, 2.05) is 0 Å². The number of rotatable bonds is 2. The van der Waals surface area contributed by atoms with Gasteiger partial charge in [0.05, 0.1) is 0 Å². The zero-order valence-electron chi connectivity index (χ0n) is 12.1. The van der Waals surface area contributed by atoms with Gasteiger partial charge >= 0.3 is 5.97 Å². The van der Waals surface area contributed by atoms with Gasteiger partial charge in [0.25, 0.3) is 0 Å². The Morgan fingerprint density at radius 2 is 1.79 bits per heavy atom. The third-order valence-corrected chi connectivity index (χ3v) is 6.09. The van der Waals surface area contributed by atoms with Gasteiger partial charge in [-0.05, 0) is 43.9 Å². The minimum Gasteiger partial charge on any atom is -0.456 e. The maximum absolute atomic E-state index is 11.7. The minimum absolute atomic E-state index is 0.234. The van der Waals surface area contributed by atoms with Crippen molar-refractivity contribution in [1.82, 2.24) is 0 Å². The maximum Gasteiger partial charge on any atom is 0.330 e. The van der Waals surface area contributed by atoms with Gasteiger partial charge in [0, 0.05) is 12.0 Å². The summed E-state index contributed by atoms with van der Waals surface area (Å²) < 4.78 is 5.81. The SMILES string of the molecule is C=CC(=O)OC1(C)CCC2CCCC3CCCC1C32. The smallest absolute Gasteiger partial charge is 0.330 e. The molecule has 0 bridgehead atoms. The molecule has 0 spiro atoms. The normalized spacial score (nSPS) is 45.1. The Balaban J connectivity index is 1.84. The molecule has 3 aliphatic carbocycles. The number of hydrogen-bond donors (Lipinski definition) is 0. The summed E-state index contributed by atoms with van der Waals surface area (Å²) >= 11 is 0. The second-order valence-corrected chi connectivity index (χ2v) is 7.04. The molecule has 0 aromatic rings. The van der Waals surface area contributed by atoms with Gasteiger partial charge in [-0.25, -0.2) is 4.79 Å². The van der Waals surface area contributed by atoms with Crippen LogP contribution in [0.2, 0.25) is 0 Å². The highest BCUT2D eigenvalue weighted by Crippen LogP contribution is 2.56. The number of carbonyl (C=O) groups excluding carboxylic acids is 1. The predicted octanol–water partition coefficient (Wildman–Crippen LogP) is 4.10. The lowest BCUT2D eigenvalue weighted by atomic mass is 9.52. The fraction of sp³-hybridized carbons (Fsp3) is 0.824. The first-order valence-corrected chi connectivity index (χ1v) is 7.99. The molecular weight excluding hydrogens is 236 g/mol. The largest absolute Gasteiger partial charge is 0.456 e. The number of esters is 1. The molecule has 3 saturated carbocycles. The van der Waals surface area contributed by atoms with Crippen LogP contribution >= 0.6 is 0 Å². The van der Waals surface area contributed by atoms with Gasteiger partial charge in [0.1, 0.15) is 5.60 Å². The van der Waals surface area contributed by atoms with Crippen molar-refractivity contribution >= 4 is 5.97 Å². The molecular formula is C17H26O2. The Bertz CT molecular complexity index is 367. The average Bonchev–Trinajstić information content (AvgIpc) is 2.43. The first kappa shape index (κ1) is 13.2. The summed E-state index contributed by atoms with van der Waals surface area (Å²) in [5.41, 5.74) is -0.234. The summed E-state index contributed by atoms with van der Waals surface area (Å²) in [5.74, 6) is 2.98. The quantitative estimate of drug-likeness (QED) is 0.553. The van der Waals surface area contributed by atoms with E-state index >= 15 is 0 Å². The first-order valence-electron chi connectivity index (χ1n) is 7.99. The molecule has 0 aromatic heterocycles. The van der Waals surface area contributed by atoms with Crippen LogP contribution in [-0.4, -0.2) is 11.6 Å². The molecule has 3 aliphatic rings. The summed E-state index contributed by atoms with van der Waals surface area (Å²) in [6, 6.07) is 0. The Kier molecular flexibility index (Phi) is 3.44. The van der Waals surface area contributed by atoms with Crippen LogP contribution in [0.5, 0.6) is 0 Å². The van der Waals surface area contributed by atoms with Crippen molar-refractivity contribution in [2.45, 2.75) is 63.9 Å². The first-order chi connectivity index (χ1) is 9.14. The second kappa shape index (κ2) is 4.96. The van der Waals surface area contributed by atoms with Crippen LogP contribution in [0.3, 0.4) is 0 Å². The van der Waals surface area contributed by atoms with Crippen LogP contribution in [-0.2, 0) is 9.53 Å². The van der Waals surface area contributed by atoms with Gasteiger partial charge in [-0.15, -0.1) is 0 Å². The van der Waals surface area contributed by atoms with Crippen molar-refractivity contribution in [3.63, 3.8) is 0 Å². The molecule has 19 heavy (non-hydrogen) atoms. The van der Waals surface area contributed by atoms with E-state index in [2.05, 4.69) is 13.5 Å². The van der Waals surface area contributed by atoms with Crippen molar-refractivity contribution in [3.05, 3.63) is 12.7 Å². The van der Waals surface area contributed by atoms with Crippen molar-refractivity contribution < 1.29 is 9.53 Å². The monoisotopic (exact) mass is 262 g/mol. The van der Waals surface area contributed by atoms with Crippen molar-refractivity contribution in [2.24, 2.45) is 23.7 Å². The van der Waals surface area contributed by atoms with E-state index in [1.165, 1.54) is 51.0 Å². The molecule has 3 rings (SSSR count). The van der Waals surface area contributed by atoms with Crippen molar-refractivity contribution in [1.29, 1.82) is 0 Å². The van der Waals surface area contributed by atoms with Crippen LogP contribution in [0.25, 0.3) is 0 Å². The van der Waals surface area contributed by atoms with E-state index in [0.29, 0.717) is 5.92 Å². The van der Waals surface area contributed by atoms with Crippen LogP contribution in [0, 0.1) is 23.7 Å². The van der Waals surface area contributed by atoms with E-state index in [0.717, 1.165) is 24.2 Å². The Morgan fingerprint density at radius 1 is 1.16 bits per heavy atom. The number of ether oxygens (including phenoxy) is 1. The summed E-state index contributed by atoms with van der Waals surface area (Å²) in [7, 11) is 0. The van der Waals surface area contributed by atoms with Gasteiger partial charge in [0.15, 0.2) is 0 Å². The van der Waals surface area contributed by atoms with E-state index in [-0.39, 0.29) is 11.6 Å². The lowest BCUT2D eigenvalue weighted by Gasteiger charge is -2.55. The Hall–Kier alpha value is -0.790. The molecule has 2 heteroatoms. The second-order valence-electron chi connectivity index (χ2n) is 7.04. The lowest BCUT2D eigenvalue weighted by Crippen LogP contribution is -2.53. The highest BCUT2D eigenvalue weighted by Gasteiger charge is 2.53. The highest BCUT2D eigenvalue weighted by molar-refractivity contribution is 5.81. The van der Waals surface area contributed by atoms with Crippen LogP contribution in [0.1, 0.15) is 58.3 Å². The molecule has 5 unspecified atom stereocenters. The summed E-state index contributed by atoms with van der Waals surface area (Å²) in [6.07, 6.45) is 11.8. The molecule has 0 heterocycles. The zero-order valence-corrected chi connectivity index (χ0v) is 12.1. The van der Waals surface area contributed by atoms with Crippen LogP contribution in [0.4, 0.5) is 0 Å². The minimum atomic E-state index is -0.237. The van der Waals surface area contributed by atoms with Crippen LogP contribution < -0.4 is 0 Å². The van der Waals surface area contributed by atoms with Gasteiger partial charge in [-0.3, -0.25) is 0 Å².